The van der Waals surface area contributed by atoms with E-state index in [4.69, 9.17) is 4.52 Å². The highest BCUT2D eigenvalue weighted by atomic mass is 16.5. The minimum absolute atomic E-state index is 0.00218. The molecule has 0 radical (unpaired) electrons. The number of H-pyrrole nitrogens is 1. The van der Waals surface area contributed by atoms with Gasteiger partial charge in [-0.05, 0) is 20.8 Å². The smallest absolute Gasteiger partial charge is 0.226 e. The molecule has 0 saturated heterocycles. The Bertz CT molecular complexity index is 757. The molecular formula is C13H17N7O. The van der Waals surface area contributed by atoms with Crippen molar-refractivity contribution in [1.82, 2.24) is 25.1 Å². The zero-order chi connectivity index (χ0) is 15.0. The normalized spacial score (nSPS) is 12.6. The Hall–Kier alpha value is -2.64. The molecule has 0 aliphatic carbocycles. The summed E-state index contributed by atoms with van der Waals surface area (Å²) in [7, 11) is 1.77. The van der Waals surface area contributed by atoms with Crippen LogP contribution in [0, 0.1) is 13.8 Å². The van der Waals surface area contributed by atoms with E-state index in [9.17, 15) is 0 Å². The highest BCUT2D eigenvalue weighted by Gasteiger charge is 2.18. The predicted molar refractivity (Wildman–Crippen MR) is 79.2 cm³/mol. The van der Waals surface area contributed by atoms with Crippen LogP contribution in [-0.4, -0.2) is 32.1 Å². The van der Waals surface area contributed by atoms with E-state index in [1.807, 2.05) is 20.8 Å². The number of aryl methyl sites for hydroxylation is 2. The molecule has 8 nitrogen and oxygen atoms in total. The molecule has 1 atom stereocenters. The molecular weight excluding hydrogens is 270 g/mol. The van der Waals surface area contributed by atoms with E-state index in [-0.39, 0.29) is 6.04 Å². The van der Waals surface area contributed by atoms with Gasteiger partial charge in [0.1, 0.15) is 11.3 Å². The van der Waals surface area contributed by atoms with Gasteiger partial charge in [-0.15, -0.1) is 0 Å². The lowest BCUT2D eigenvalue weighted by Crippen LogP contribution is -2.11. The van der Waals surface area contributed by atoms with Gasteiger partial charge in [0.25, 0.3) is 0 Å². The Morgan fingerprint density at radius 3 is 2.76 bits per heavy atom. The number of fused-ring (bicyclic) bond motifs is 1. The van der Waals surface area contributed by atoms with Crippen LogP contribution >= 0.6 is 0 Å². The van der Waals surface area contributed by atoms with E-state index in [0.717, 1.165) is 22.5 Å². The summed E-state index contributed by atoms with van der Waals surface area (Å²) in [5.74, 6) is 2.01. The Morgan fingerprint density at radius 2 is 2.10 bits per heavy atom. The van der Waals surface area contributed by atoms with E-state index in [2.05, 4.69) is 35.7 Å². The number of aromatic nitrogens is 5. The molecule has 3 aromatic rings. The lowest BCUT2D eigenvalue weighted by atomic mass is 10.1. The van der Waals surface area contributed by atoms with Gasteiger partial charge >= 0.3 is 0 Å². The number of anilines is 2. The monoisotopic (exact) mass is 287 g/mol. The number of hydrogen-bond acceptors (Lipinski definition) is 7. The van der Waals surface area contributed by atoms with Gasteiger partial charge in [0, 0.05) is 12.6 Å². The summed E-state index contributed by atoms with van der Waals surface area (Å²) in [5, 5.41) is 10.3. The number of imidazole rings is 1. The molecule has 0 amide bonds. The first-order valence-corrected chi connectivity index (χ1v) is 6.68. The van der Waals surface area contributed by atoms with E-state index in [0.29, 0.717) is 17.4 Å². The molecule has 0 aliphatic heterocycles. The number of nitrogens with zero attached hydrogens (tertiary/aromatic N) is 4. The second kappa shape index (κ2) is 5.04. The Kier molecular flexibility index (Phi) is 3.20. The van der Waals surface area contributed by atoms with Gasteiger partial charge in [-0.3, -0.25) is 0 Å². The summed E-state index contributed by atoms with van der Waals surface area (Å²) < 4.78 is 5.22. The minimum Gasteiger partial charge on any atom is -0.361 e. The van der Waals surface area contributed by atoms with Crippen LogP contribution < -0.4 is 10.6 Å². The van der Waals surface area contributed by atoms with Crippen LogP contribution in [-0.2, 0) is 0 Å². The molecule has 0 spiro atoms. The van der Waals surface area contributed by atoms with Gasteiger partial charge in [0.2, 0.25) is 5.95 Å². The second-order valence-corrected chi connectivity index (χ2v) is 4.85. The molecule has 110 valence electrons. The topological polar surface area (TPSA) is 105 Å². The SMILES string of the molecule is CNc1nc(NC(C)c2c(C)noc2C)c2[nH]cnc2n1. The molecule has 0 aromatic carbocycles. The van der Waals surface area contributed by atoms with Crippen molar-refractivity contribution in [2.24, 2.45) is 0 Å². The van der Waals surface area contributed by atoms with Gasteiger partial charge in [-0.25, -0.2) is 4.98 Å². The third-order valence-electron chi connectivity index (χ3n) is 3.38. The van der Waals surface area contributed by atoms with E-state index in [1.54, 1.807) is 13.4 Å². The standard InChI is InChI=1S/C13H17N7O/c1-6(9-7(2)20-21-8(9)3)17-12-10-11(16-5-15-10)18-13(14-4)19-12/h5-6H,1-4H3,(H3,14,15,16,17,18,19). The maximum Gasteiger partial charge on any atom is 0.226 e. The fraction of sp³-hybridized carbons (Fsp3) is 0.385. The summed E-state index contributed by atoms with van der Waals surface area (Å²) >= 11 is 0. The van der Waals surface area contributed by atoms with Crippen LogP contribution in [0.4, 0.5) is 11.8 Å². The van der Waals surface area contributed by atoms with Crippen molar-refractivity contribution in [3.8, 4) is 0 Å². The number of rotatable bonds is 4. The zero-order valence-corrected chi connectivity index (χ0v) is 12.4. The highest BCUT2D eigenvalue weighted by molar-refractivity contribution is 5.83. The van der Waals surface area contributed by atoms with Crippen molar-refractivity contribution in [3.63, 3.8) is 0 Å². The molecule has 0 aliphatic rings. The summed E-state index contributed by atoms with van der Waals surface area (Å²) in [5.41, 5.74) is 3.29. The van der Waals surface area contributed by atoms with Crippen LogP contribution in [0.15, 0.2) is 10.9 Å². The quantitative estimate of drug-likeness (QED) is 0.675. The third-order valence-corrected chi connectivity index (χ3v) is 3.38. The van der Waals surface area contributed by atoms with Gasteiger partial charge in [-0.2, -0.15) is 9.97 Å². The fourth-order valence-corrected chi connectivity index (χ4v) is 2.43. The fourth-order valence-electron chi connectivity index (χ4n) is 2.43. The first kappa shape index (κ1) is 13.3. The van der Waals surface area contributed by atoms with Crippen LogP contribution in [0.3, 0.4) is 0 Å². The Labute approximate surface area is 121 Å². The van der Waals surface area contributed by atoms with Crippen molar-refractivity contribution in [2.75, 3.05) is 17.7 Å². The van der Waals surface area contributed by atoms with Gasteiger partial charge in [-0.1, -0.05) is 5.16 Å². The summed E-state index contributed by atoms with van der Waals surface area (Å²) in [4.78, 5) is 16.0. The Balaban J connectivity index is 1.99. The largest absolute Gasteiger partial charge is 0.361 e. The average Bonchev–Trinajstić information content (AvgIpc) is 3.05. The molecule has 0 bridgehead atoms. The van der Waals surface area contributed by atoms with Gasteiger partial charge in [0.15, 0.2) is 11.5 Å². The van der Waals surface area contributed by atoms with Crippen molar-refractivity contribution >= 4 is 22.9 Å². The van der Waals surface area contributed by atoms with E-state index < -0.39 is 0 Å². The van der Waals surface area contributed by atoms with Crippen LogP contribution in [0.1, 0.15) is 30.0 Å². The van der Waals surface area contributed by atoms with Crippen LogP contribution in [0.5, 0.6) is 0 Å². The predicted octanol–water partition coefficient (Wildman–Crippen LogP) is 2.17. The molecule has 3 rings (SSSR count). The maximum absolute atomic E-state index is 5.22. The first-order chi connectivity index (χ1) is 10.1. The van der Waals surface area contributed by atoms with E-state index in [1.165, 1.54) is 0 Å². The summed E-state index contributed by atoms with van der Waals surface area (Å²) in [6.45, 7) is 5.86. The van der Waals surface area contributed by atoms with Gasteiger partial charge in [0.05, 0.1) is 18.1 Å². The van der Waals surface area contributed by atoms with Crippen molar-refractivity contribution < 1.29 is 4.52 Å². The molecule has 21 heavy (non-hydrogen) atoms. The van der Waals surface area contributed by atoms with Crippen molar-refractivity contribution in [2.45, 2.75) is 26.8 Å². The number of aromatic amines is 1. The highest BCUT2D eigenvalue weighted by Crippen LogP contribution is 2.27. The van der Waals surface area contributed by atoms with Crippen molar-refractivity contribution in [1.29, 1.82) is 0 Å². The zero-order valence-electron chi connectivity index (χ0n) is 12.4. The lowest BCUT2D eigenvalue weighted by molar-refractivity contribution is 0.392. The molecule has 3 N–H and O–H groups in total. The minimum atomic E-state index is 0.00218. The molecule has 0 fully saturated rings. The Morgan fingerprint density at radius 1 is 1.29 bits per heavy atom. The summed E-state index contributed by atoms with van der Waals surface area (Å²) in [6.07, 6.45) is 1.60. The van der Waals surface area contributed by atoms with Crippen LogP contribution in [0.2, 0.25) is 0 Å². The molecule has 3 heterocycles. The van der Waals surface area contributed by atoms with Gasteiger partial charge < -0.3 is 20.1 Å². The molecule has 3 aromatic heterocycles. The average molecular weight is 287 g/mol. The van der Waals surface area contributed by atoms with E-state index >= 15 is 0 Å². The van der Waals surface area contributed by atoms with Crippen molar-refractivity contribution in [3.05, 3.63) is 23.3 Å². The molecule has 1 unspecified atom stereocenters. The van der Waals surface area contributed by atoms with Crippen LogP contribution in [0.25, 0.3) is 11.2 Å². The summed E-state index contributed by atoms with van der Waals surface area (Å²) in [6, 6.07) is 0.00218. The molecule has 0 saturated carbocycles. The molecule has 8 heteroatoms. The number of nitrogens with one attached hydrogen (secondary N) is 3. The first-order valence-electron chi connectivity index (χ1n) is 6.68. The third kappa shape index (κ3) is 2.28. The lowest BCUT2D eigenvalue weighted by Gasteiger charge is -2.15. The maximum atomic E-state index is 5.22. The number of hydrogen-bond donors (Lipinski definition) is 3. The second-order valence-electron chi connectivity index (χ2n) is 4.85.